The van der Waals surface area contributed by atoms with Gasteiger partial charge in [0.2, 0.25) is 0 Å². The maximum absolute atomic E-state index is 14.5. The van der Waals surface area contributed by atoms with Crippen molar-refractivity contribution in [2.24, 2.45) is 0 Å². The van der Waals surface area contributed by atoms with E-state index in [9.17, 15) is 26.3 Å². The highest BCUT2D eigenvalue weighted by Crippen LogP contribution is 2.70. The fourth-order valence-electron chi connectivity index (χ4n) is 4.79. The van der Waals surface area contributed by atoms with Gasteiger partial charge < -0.3 is 4.89 Å². The van der Waals surface area contributed by atoms with Crippen LogP contribution in [0.1, 0.15) is 34.3 Å². The van der Waals surface area contributed by atoms with Crippen LogP contribution in [0, 0.1) is 13.8 Å². The van der Waals surface area contributed by atoms with Crippen molar-refractivity contribution in [3.8, 4) is 0 Å². The summed E-state index contributed by atoms with van der Waals surface area (Å²) in [5, 5.41) is 0. The minimum absolute atomic E-state index is 0.218. The first-order valence-electron chi connectivity index (χ1n) is 12.1. The average Bonchev–Trinajstić information content (AvgIpc) is 3.18. The van der Waals surface area contributed by atoms with Crippen LogP contribution in [-0.2, 0) is 24.6 Å². The third-order valence-electron chi connectivity index (χ3n) is 6.70. The second-order valence-electron chi connectivity index (χ2n) is 9.41. The highest BCUT2D eigenvalue weighted by molar-refractivity contribution is 7.99. The lowest BCUT2D eigenvalue weighted by Crippen LogP contribution is -2.29. The molecule has 1 N–H and O–H groups in total. The number of hydrogen-bond donors (Lipinski definition) is 1. The van der Waals surface area contributed by atoms with E-state index in [1.165, 1.54) is 24.3 Å². The predicted octanol–water partition coefficient (Wildman–Crippen LogP) is 5.58. The van der Waals surface area contributed by atoms with E-state index in [4.69, 9.17) is 0 Å². The molecule has 1 heterocycles. The van der Waals surface area contributed by atoms with E-state index in [1.807, 2.05) is 0 Å². The highest BCUT2D eigenvalue weighted by atomic mass is 32.2. The van der Waals surface area contributed by atoms with Crippen LogP contribution in [-0.4, -0.2) is 29.9 Å². The predicted molar refractivity (Wildman–Crippen MR) is 149 cm³/mol. The van der Waals surface area contributed by atoms with Crippen molar-refractivity contribution in [1.82, 2.24) is 8.15 Å². The Morgan fingerprint density at radius 1 is 0.564 bits per heavy atom. The molecule has 8 nitrogen and oxygen atoms in total. The molecule has 2 atom stereocenters. The molecule has 1 saturated heterocycles. The van der Waals surface area contributed by atoms with Crippen LogP contribution < -0.4 is 0 Å². The molecule has 0 spiro atoms. The average molecular weight is 583 g/mol. The van der Waals surface area contributed by atoms with E-state index in [2.05, 4.69) is 0 Å². The molecular weight excluding hydrogens is 555 g/mol. The summed E-state index contributed by atoms with van der Waals surface area (Å²) in [5.41, 5.74) is 2.34. The number of aryl methyl sites for hydroxylation is 2. The van der Waals surface area contributed by atoms with Crippen molar-refractivity contribution >= 4 is 27.7 Å². The maximum Gasteiger partial charge on any atom is 0.372 e. The summed E-state index contributed by atoms with van der Waals surface area (Å²) in [6.45, 7) is 3.58. The lowest BCUT2D eigenvalue weighted by molar-refractivity contribution is 0.377. The second kappa shape index (κ2) is 10.1. The van der Waals surface area contributed by atoms with E-state index in [1.54, 1.807) is 98.8 Å². The number of rotatable bonds is 6. The van der Waals surface area contributed by atoms with E-state index in [0.29, 0.717) is 19.3 Å². The molecule has 1 aliphatic heterocycles. The fourth-order valence-corrected chi connectivity index (χ4v) is 12.0. The normalized spacial score (nSPS) is 22.6. The van der Waals surface area contributed by atoms with Crippen molar-refractivity contribution in [2.75, 3.05) is 0 Å². The summed E-state index contributed by atoms with van der Waals surface area (Å²) in [6.07, 6.45) is 0. The third-order valence-corrected chi connectivity index (χ3v) is 14.0. The van der Waals surface area contributed by atoms with Gasteiger partial charge in [0, 0.05) is 0 Å². The van der Waals surface area contributed by atoms with Gasteiger partial charge in [0.05, 0.1) is 21.9 Å². The molecule has 1 aliphatic rings. The fraction of sp³-hybridized carbons (Fsp3) is 0.143. The SMILES string of the molecule is Cc1ccc(S(=O)(=O)N2C(c3ccccc3)C(c3ccccc3)N(S(=O)(=O)c3ccc(C)cc3)P2(=O)O)cc1. The van der Waals surface area contributed by atoms with E-state index in [0.717, 1.165) is 11.1 Å². The van der Waals surface area contributed by atoms with Crippen LogP contribution in [0.2, 0.25) is 0 Å². The first-order chi connectivity index (χ1) is 18.5. The van der Waals surface area contributed by atoms with Gasteiger partial charge in [-0.05, 0) is 49.2 Å². The monoisotopic (exact) mass is 582 g/mol. The molecule has 0 aromatic heterocycles. The van der Waals surface area contributed by atoms with E-state index < -0.39 is 39.8 Å². The van der Waals surface area contributed by atoms with Gasteiger partial charge in [-0.3, -0.25) is 4.57 Å². The van der Waals surface area contributed by atoms with Crippen LogP contribution in [0.3, 0.4) is 0 Å². The van der Waals surface area contributed by atoms with Crippen LogP contribution in [0.4, 0.5) is 0 Å². The van der Waals surface area contributed by atoms with Gasteiger partial charge in [0.1, 0.15) is 0 Å². The van der Waals surface area contributed by atoms with Gasteiger partial charge in [-0.15, -0.1) is 0 Å². The van der Waals surface area contributed by atoms with Crippen molar-refractivity contribution in [1.29, 1.82) is 0 Å². The number of hydrogen-bond acceptors (Lipinski definition) is 5. The zero-order chi connectivity index (χ0) is 28.0. The zero-order valence-corrected chi connectivity index (χ0v) is 23.7. The van der Waals surface area contributed by atoms with Crippen molar-refractivity contribution in [3.63, 3.8) is 0 Å². The van der Waals surface area contributed by atoms with Gasteiger partial charge in [-0.25, -0.2) is 16.8 Å². The lowest BCUT2D eigenvalue weighted by atomic mass is 9.95. The van der Waals surface area contributed by atoms with Crippen molar-refractivity contribution < 1.29 is 26.3 Å². The van der Waals surface area contributed by atoms with Gasteiger partial charge in [0.25, 0.3) is 20.0 Å². The molecule has 2 unspecified atom stereocenters. The summed E-state index contributed by atoms with van der Waals surface area (Å²) < 4.78 is 72.0. The second-order valence-corrected chi connectivity index (χ2v) is 15.5. The molecule has 0 aliphatic carbocycles. The lowest BCUT2D eigenvalue weighted by Gasteiger charge is -2.27. The first kappa shape index (κ1) is 27.5. The molecule has 0 bridgehead atoms. The van der Waals surface area contributed by atoms with Gasteiger partial charge >= 0.3 is 7.67 Å². The molecule has 5 rings (SSSR count). The smallest absolute Gasteiger partial charge is 0.320 e. The van der Waals surface area contributed by atoms with Crippen LogP contribution in [0.15, 0.2) is 119 Å². The Morgan fingerprint density at radius 3 is 1.18 bits per heavy atom. The third kappa shape index (κ3) is 4.78. The quantitative estimate of drug-likeness (QED) is 0.297. The largest absolute Gasteiger partial charge is 0.372 e. The molecule has 0 saturated carbocycles. The Bertz CT molecular complexity index is 1620. The molecular formula is C28H27N2O6PS2. The molecule has 0 amide bonds. The van der Waals surface area contributed by atoms with Gasteiger partial charge in [0.15, 0.2) is 0 Å². The Kier molecular flexibility index (Phi) is 7.13. The topological polar surface area (TPSA) is 112 Å². The van der Waals surface area contributed by atoms with Crippen LogP contribution >= 0.6 is 7.67 Å². The standard InChI is InChI=1S/C28H27N2O6PS2/c1-21-13-17-25(18-14-21)38(33,34)29-27(23-9-5-3-6-10-23)28(24-11-7-4-8-12-24)30(37(29,31)32)39(35,36)26-19-15-22(2)16-20-26/h3-20,27-28H,1-2H3,(H,31,32). The van der Waals surface area contributed by atoms with Crippen LogP contribution in [0.25, 0.3) is 0 Å². The van der Waals surface area contributed by atoms with E-state index in [-0.39, 0.29) is 9.79 Å². The number of nitrogens with zero attached hydrogens (tertiary/aromatic N) is 2. The number of sulfonamides is 2. The molecule has 4 aromatic carbocycles. The molecule has 4 aromatic rings. The Hall–Kier alpha value is -3.11. The summed E-state index contributed by atoms with van der Waals surface area (Å²) in [7, 11) is -14.7. The molecule has 39 heavy (non-hydrogen) atoms. The number of benzene rings is 4. The van der Waals surface area contributed by atoms with E-state index >= 15 is 0 Å². The minimum Gasteiger partial charge on any atom is -0.320 e. The molecule has 1 fully saturated rings. The molecule has 0 radical (unpaired) electrons. The Balaban J connectivity index is 1.83. The summed E-state index contributed by atoms with van der Waals surface area (Å²) in [5.74, 6) is 0. The van der Waals surface area contributed by atoms with Gasteiger partial charge in [-0.2, -0.15) is 0 Å². The maximum atomic E-state index is 14.5. The minimum atomic E-state index is -5.31. The zero-order valence-electron chi connectivity index (χ0n) is 21.2. The van der Waals surface area contributed by atoms with Gasteiger partial charge in [-0.1, -0.05) is 104 Å². The summed E-state index contributed by atoms with van der Waals surface area (Å²) in [4.78, 5) is 11.3. The highest BCUT2D eigenvalue weighted by Gasteiger charge is 2.65. The molecule has 11 heteroatoms. The summed E-state index contributed by atoms with van der Waals surface area (Å²) in [6, 6.07) is 25.7. The van der Waals surface area contributed by atoms with Crippen molar-refractivity contribution in [2.45, 2.75) is 35.7 Å². The summed E-state index contributed by atoms with van der Waals surface area (Å²) >= 11 is 0. The van der Waals surface area contributed by atoms with Crippen LogP contribution in [0.5, 0.6) is 0 Å². The Labute approximate surface area is 228 Å². The first-order valence-corrected chi connectivity index (χ1v) is 16.6. The van der Waals surface area contributed by atoms with Crippen molar-refractivity contribution in [3.05, 3.63) is 131 Å². The Morgan fingerprint density at radius 2 is 0.872 bits per heavy atom. The molecule has 202 valence electrons.